The summed E-state index contributed by atoms with van der Waals surface area (Å²) < 4.78 is 0.231. The number of nitrogens with zero attached hydrogens (tertiary/aromatic N) is 1. The quantitative estimate of drug-likeness (QED) is 0.392. The molecular weight excluding hydrogens is 180 g/mol. The average Bonchev–Trinajstić information content (AvgIpc) is 2.04. The summed E-state index contributed by atoms with van der Waals surface area (Å²) >= 11 is 0. The van der Waals surface area contributed by atoms with E-state index >= 15 is 0 Å². The Morgan fingerprint density at radius 3 is 2.43 bits per heavy atom. The van der Waals surface area contributed by atoms with E-state index in [4.69, 9.17) is 10.8 Å². The summed E-state index contributed by atoms with van der Waals surface area (Å²) in [5.74, 6) is -0.988. The molecule has 14 heavy (non-hydrogen) atoms. The van der Waals surface area contributed by atoms with E-state index in [1.54, 1.807) is 6.08 Å². The first-order chi connectivity index (χ1) is 6.17. The zero-order valence-corrected chi connectivity index (χ0v) is 9.45. The Bertz CT molecular complexity index is 234. The highest BCUT2D eigenvalue weighted by atomic mass is 16.4. The second-order valence-electron chi connectivity index (χ2n) is 4.37. The van der Waals surface area contributed by atoms with Crippen LogP contribution in [0, 0.1) is 0 Å². The second kappa shape index (κ2) is 4.11. The van der Waals surface area contributed by atoms with E-state index in [1.165, 1.54) is 6.92 Å². The molecule has 0 saturated heterocycles. The van der Waals surface area contributed by atoms with Gasteiger partial charge in [0.2, 0.25) is 5.66 Å². The number of rotatable bonds is 5. The molecule has 4 nitrogen and oxygen atoms in total. The molecule has 0 aromatic carbocycles. The maximum atomic E-state index is 11.0. The summed E-state index contributed by atoms with van der Waals surface area (Å²) in [6, 6.07) is 0.124. The summed E-state index contributed by atoms with van der Waals surface area (Å²) in [5.41, 5.74) is 4.53. The van der Waals surface area contributed by atoms with Crippen molar-refractivity contribution in [2.45, 2.75) is 32.0 Å². The third-order valence-electron chi connectivity index (χ3n) is 3.24. The lowest BCUT2D eigenvalue weighted by Gasteiger charge is -2.45. The summed E-state index contributed by atoms with van der Waals surface area (Å²) in [5, 5.41) is 9.03. The monoisotopic (exact) mass is 201 g/mol. The Morgan fingerprint density at radius 1 is 1.71 bits per heavy atom. The number of hydrogen-bond donors (Lipinski definition) is 2. The van der Waals surface area contributed by atoms with Gasteiger partial charge in [0.25, 0.3) is 0 Å². The van der Waals surface area contributed by atoms with Crippen molar-refractivity contribution in [1.29, 1.82) is 0 Å². The number of hydrogen-bond acceptors (Lipinski definition) is 2. The van der Waals surface area contributed by atoms with Gasteiger partial charge in [-0.2, -0.15) is 0 Å². The minimum atomic E-state index is -1.28. The molecule has 0 aliphatic carbocycles. The van der Waals surface area contributed by atoms with Crippen LogP contribution in [0.15, 0.2) is 12.7 Å². The van der Waals surface area contributed by atoms with Crippen LogP contribution in [0.5, 0.6) is 0 Å². The molecule has 0 spiro atoms. The van der Waals surface area contributed by atoms with Crippen LogP contribution < -0.4 is 5.73 Å². The zero-order valence-electron chi connectivity index (χ0n) is 9.45. The minimum absolute atomic E-state index is 0.124. The van der Waals surface area contributed by atoms with Crippen LogP contribution in [0.2, 0.25) is 0 Å². The zero-order chi connectivity index (χ0) is 11.6. The molecular formula is C10H21N2O2+. The van der Waals surface area contributed by atoms with Crippen molar-refractivity contribution in [3.63, 3.8) is 0 Å². The van der Waals surface area contributed by atoms with Crippen molar-refractivity contribution in [3.05, 3.63) is 12.7 Å². The number of likely N-dealkylation sites (N-methyl/N-ethyl adjacent to an activating group) is 1. The van der Waals surface area contributed by atoms with Crippen LogP contribution in [0.1, 0.15) is 20.3 Å². The van der Waals surface area contributed by atoms with Crippen LogP contribution in [0.4, 0.5) is 0 Å². The highest BCUT2D eigenvalue weighted by Gasteiger charge is 2.47. The van der Waals surface area contributed by atoms with Crippen molar-refractivity contribution in [1.82, 2.24) is 0 Å². The van der Waals surface area contributed by atoms with Gasteiger partial charge in [0.05, 0.1) is 20.1 Å². The lowest BCUT2D eigenvalue weighted by Crippen LogP contribution is -2.70. The van der Waals surface area contributed by atoms with E-state index in [1.807, 2.05) is 21.0 Å². The largest absolute Gasteiger partial charge is 0.476 e. The van der Waals surface area contributed by atoms with E-state index in [9.17, 15) is 4.79 Å². The SMILES string of the molecule is C=CCC(C)[N+](C)(C)C(C)(N)C(=O)O. The van der Waals surface area contributed by atoms with Gasteiger partial charge in [0.15, 0.2) is 0 Å². The Balaban J connectivity index is 4.92. The summed E-state index contributed by atoms with van der Waals surface area (Å²) in [6.45, 7) is 7.15. The number of carboxylic acid groups (broad SMARTS) is 1. The van der Waals surface area contributed by atoms with Crippen LogP contribution >= 0.6 is 0 Å². The molecule has 0 aliphatic heterocycles. The summed E-state index contributed by atoms with van der Waals surface area (Å²) in [4.78, 5) is 11.0. The Labute approximate surface area is 85.6 Å². The van der Waals surface area contributed by atoms with E-state index in [0.29, 0.717) is 0 Å². The second-order valence-corrected chi connectivity index (χ2v) is 4.37. The fraction of sp³-hybridized carbons (Fsp3) is 0.700. The van der Waals surface area contributed by atoms with Gasteiger partial charge >= 0.3 is 5.97 Å². The van der Waals surface area contributed by atoms with E-state index in [2.05, 4.69) is 6.58 Å². The maximum absolute atomic E-state index is 11.0. The van der Waals surface area contributed by atoms with Gasteiger partial charge in [-0.1, -0.05) is 6.08 Å². The van der Waals surface area contributed by atoms with Crippen molar-refractivity contribution < 1.29 is 14.4 Å². The molecule has 2 atom stereocenters. The molecule has 4 heteroatoms. The van der Waals surface area contributed by atoms with Gasteiger partial charge in [0, 0.05) is 13.3 Å². The van der Waals surface area contributed by atoms with Gasteiger partial charge in [-0.25, -0.2) is 4.79 Å². The van der Waals surface area contributed by atoms with Gasteiger partial charge in [0.1, 0.15) is 0 Å². The standard InChI is InChI=1S/C10H20N2O2/c1-6-7-8(2)12(4,5)10(3,11)9(13)14/h6,8H,1,7,11H2,2-5H3/p+1. The molecule has 0 bridgehead atoms. The topological polar surface area (TPSA) is 63.3 Å². The van der Waals surface area contributed by atoms with Gasteiger partial charge < -0.3 is 5.11 Å². The smallest absolute Gasteiger partial charge is 0.381 e. The molecule has 0 aromatic heterocycles. The maximum Gasteiger partial charge on any atom is 0.381 e. The van der Waals surface area contributed by atoms with Crippen LogP contribution in [-0.4, -0.2) is 41.4 Å². The molecule has 2 unspecified atom stereocenters. The molecule has 3 N–H and O–H groups in total. The number of quaternary nitrogens is 1. The van der Waals surface area contributed by atoms with Gasteiger partial charge in [-0.3, -0.25) is 10.2 Å². The lowest BCUT2D eigenvalue weighted by atomic mass is 10.0. The molecule has 0 radical (unpaired) electrons. The molecule has 0 aromatic rings. The van der Waals surface area contributed by atoms with Gasteiger partial charge in [-0.05, 0) is 6.92 Å². The lowest BCUT2D eigenvalue weighted by molar-refractivity contribution is -0.951. The third-order valence-corrected chi connectivity index (χ3v) is 3.24. The normalized spacial score (nSPS) is 18.4. The first kappa shape index (κ1) is 13.1. The fourth-order valence-corrected chi connectivity index (χ4v) is 1.21. The number of carbonyl (C=O) groups is 1. The Kier molecular flexibility index (Phi) is 3.85. The average molecular weight is 201 g/mol. The molecule has 0 aliphatic rings. The van der Waals surface area contributed by atoms with E-state index in [0.717, 1.165) is 6.42 Å². The van der Waals surface area contributed by atoms with Gasteiger partial charge in [-0.15, -0.1) is 6.58 Å². The van der Waals surface area contributed by atoms with Crippen LogP contribution in [-0.2, 0) is 4.79 Å². The molecule has 0 heterocycles. The highest BCUT2D eigenvalue weighted by molar-refractivity contribution is 5.75. The Morgan fingerprint density at radius 2 is 2.14 bits per heavy atom. The number of aliphatic carboxylic acids is 1. The van der Waals surface area contributed by atoms with E-state index < -0.39 is 11.6 Å². The summed E-state index contributed by atoms with van der Waals surface area (Å²) in [7, 11) is 3.64. The minimum Gasteiger partial charge on any atom is -0.476 e. The number of carboxylic acids is 1. The van der Waals surface area contributed by atoms with Crippen molar-refractivity contribution in [3.8, 4) is 0 Å². The molecule has 0 rings (SSSR count). The van der Waals surface area contributed by atoms with Crippen LogP contribution in [0.3, 0.4) is 0 Å². The number of nitrogens with two attached hydrogens (primary N) is 1. The van der Waals surface area contributed by atoms with Crippen molar-refractivity contribution in [2.24, 2.45) is 5.73 Å². The predicted molar refractivity (Wildman–Crippen MR) is 56.6 cm³/mol. The molecule has 0 saturated carbocycles. The molecule has 82 valence electrons. The highest BCUT2D eigenvalue weighted by Crippen LogP contribution is 2.21. The molecule has 0 amide bonds. The predicted octanol–water partition coefficient (Wildman–Crippen LogP) is 0.787. The third kappa shape index (κ3) is 2.13. The molecule has 0 fully saturated rings. The van der Waals surface area contributed by atoms with Crippen molar-refractivity contribution >= 4 is 5.97 Å². The summed E-state index contributed by atoms with van der Waals surface area (Å²) in [6.07, 6.45) is 2.52. The fourth-order valence-electron chi connectivity index (χ4n) is 1.21. The Hall–Kier alpha value is -0.870. The first-order valence-electron chi connectivity index (χ1n) is 4.64. The van der Waals surface area contributed by atoms with E-state index in [-0.39, 0.29) is 10.5 Å². The van der Waals surface area contributed by atoms with Crippen LogP contribution in [0.25, 0.3) is 0 Å². The first-order valence-corrected chi connectivity index (χ1v) is 4.64. The van der Waals surface area contributed by atoms with Crippen molar-refractivity contribution in [2.75, 3.05) is 14.1 Å².